The van der Waals surface area contributed by atoms with Crippen molar-refractivity contribution < 1.29 is 19.2 Å². The lowest BCUT2D eigenvalue weighted by molar-refractivity contribution is -0.141. The smallest absolute Gasteiger partial charge is 0.243 e. The van der Waals surface area contributed by atoms with Crippen molar-refractivity contribution in [3.05, 3.63) is 77.6 Å². The Morgan fingerprint density at radius 2 is 1.71 bits per heavy atom. The first-order valence-electron chi connectivity index (χ1n) is 13.8. The minimum absolute atomic E-state index is 0.0693. The van der Waals surface area contributed by atoms with Gasteiger partial charge in [0, 0.05) is 0 Å². The van der Waals surface area contributed by atoms with E-state index in [9.17, 15) is 19.2 Å². The Hall–Kier alpha value is -4.61. The molecule has 4 amide bonds. The standard InChI is InChI=1S/C29H36N8O4/c1-3-19(2)27(32-25(38)16-20-10-6-4-7-11-20)29(41)31-18-26(39)37-22(21-12-8-5-9-13-21)14-15-23(37)28(40)30-17-24-33-35-36-34-24/h4-13,19,22-23,27H,3,14-18H2,1-2H3,(H,30,40)(H,31,41)(H,32,38)(H,33,34,35,36)/t19-,22+,23-,27-/m0/s1. The first-order valence-corrected chi connectivity index (χ1v) is 13.8. The van der Waals surface area contributed by atoms with Crippen LogP contribution in [-0.2, 0) is 32.1 Å². The summed E-state index contributed by atoms with van der Waals surface area (Å²) in [6.45, 7) is 3.58. The summed E-state index contributed by atoms with van der Waals surface area (Å²) < 4.78 is 0. The van der Waals surface area contributed by atoms with Crippen molar-refractivity contribution in [3.8, 4) is 0 Å². The van der Waals surface area contributed by atoms with Gasteiger partial charge in [0.2, 0.25) is 23.6 Å². The largest absolute Gasteiger partial charge is 0.347 e. The van der Waals surface area contributed by atoms with Crippen molar-refractivity contribution in [2.24, 2.45) is 5.92 Å². The molecule has 1 aliphatic rings. The Morgan fingerprint density at radius 1 is 1.00 bits per heavy atom. The maximum atomic E-state index is 13.6. The molecule has 12 nitrogen and oxygen atoms in total. The van der Waals surface area contributed by atoms with Gasteiger partial charge in [0.15, 0.2) is 5.82 Å². The molecule has 0 unspecified atom stereocenters. The monoisotopic (exact) mass is 560 g/mol. The number of nitrogens with one attached hydrogen (secondary N) is 4. The minimum atomic E-state index is -0.804. The van der Waals surface area contributed by atoms with Crippen molar-refractivity contribution in [1.82, 2.24) is 41.5 Å². The molecule has 41 heavy (non-hydrogen) atoms. The molecule has 0 bridgehead atoms. The molecular formula is C29H36N8O4. The second-order valence-electron chi connectivity index (χ2n) is 10.2. The summed E-state index contributed by atoms with van der Waals surface area (Å²) in [5.74, 6) is -1.27. The predicted octanol–water partition coefficient (Wildman–Crippen LogP) is 1.44. The number of likely N-dealkylation sites (tertiary alicyclic amines) is 1. The molecule has 4 N–H and O–H groups in total. The molecule has 2 aromatic carbocycles. The van der Waals surface area contributed by atoms with Gasteiger partial charge in [-0.05, 0) is 29.9 Å². The van der Waals surface area contributed by atoms with E-state index in [-0.39, 0.29) is 49.2 Å². The summed E-state index contributed by atoms with van der Waals surface area (Å²) in [4.78, 5) is 54.3. The SMILES string of the molecule is CC[C@H](C)[C@H](NC(=O)Cc1ccccc1)C(=O)NCC(=O)N1[C@@H](c2ccccc2)CC[C@H]1C(=O)NCc1nn[nH]n1. The number of rotatable bonds is 12. The molecule has 4 atom stereocenters. The third kappa shape index (κ3) is 7.74. The zero-order valence-electron chi connectivity index (χ0n) is 23.2. The van der Waals surface area contributed by atoms with E-state index in [2.05, 4.69) is 36.6 Å². The predicted molar refractivity (Wildman–Crippen MR) is 150 cm³/mol. The summed E-state index contributed by atoms with van der Waals surface area (Å²) in [7, 11) is 0. The maximum Gasteiger partial charge on any atom is 0.243 e. The van der Waals surface area contributed by atoms with Gasteiger partial charge in [-0.3, -0.25) is 19.2 Å². The minimum Gasteiger partial charge on any atom is -0.347 e. The summed E-state index contributed by atoms with van der Waals surface area (Å²) in [6.07, 6.45) is 1.85. The fourth-order valence-corrected chi connectivity index (χ4v) is 5.03. The number of amides is 4. The Kier molecular flexibility index (Phi) is 10.1. The van der Waals surface area contributed by atoms with Crippen molar-refractivity contribution in [3.63, 3.8) is 0 Å². The highest BCUT2D eigenvalue weighted by Gasteiger charge is 2.41. The molecule has 2 heterocycles. The number of carbonyl (C=O) groups is 4. The van der Waals surface area contributed by atoms with E-state index in [1.807, 2.05) is 74.5 Å². The van der Waals surface area contributed by atoms with Crippen LogP contribution in [0.15, 0.2) is 60.7 Å². The number of benzene rings is 2. The average molecular weight is 561 g/mol. The van der Waals surface area contributed by atoms with Gasteiger partial charge in [-0.2, -0.15) is 5.21 Å². The Balaban J connectivity index is 1.43. The molecule has 1 saturated heterocycles. The van der Waals surface area contributed by atoms with Gasteiger partial charge in [0.05, 0.1) is 25.6 Å². The molecule has 12 heteroatoms. The zero-order chi connectivity index (χ0) is 29.2. The topological polar surface area (TPSA) is 162 Å². The molecule has 0 spiro atoms. The molecule has 1 fully saturated rings. The molecule has 4 rings (SSSR count). The van der Waals surface area contributed by atoms with Gasteiger partial charge in [-0.25, -0.2) is 0 Å². The number of hydrogen-bond donors (Lipinski definition) is 4. The maximum absolute atomic E-state index is 13.6. The fourth-order valence-electron chi connectivity index (χ4n) is 5.03. The number of hydrogen-bond acceptors (Lipinski definition) is 7. The van der Waals surface area contributed by atoms with Crippen LogP contribution < -0.4 is 16.0 Å². The fraction of sp³-hybridized carbons (Fsp3) is 0.414. The van der Waals surface area contributed by atoms with E-state index >= 15 is 0 Å². The highest BCUT2D eigenvalue weighted by molar-refractivity contribution is 5.93. The van der Waals surface area contributed by atoms with Crippen LogP contribution in [0.25, 0.3) is 0 Å². The lowest BCUT2D eigenvalue weighted by Crippen LogP contribution is -2.54. The Labute approximate surface area is 238 Å². The highest BCUT2D eigenvalue weighted by atomic mass is 16.2. The van der Waals surface area contributed by atoms with Crippen LogP contribution >= 0.6 is 0 Å². The molecule has 0 saturated carbocycles. The van der Waals surface area contributed by atoms with Crippen molar-refractivity contribution in [1.29, 1.82) is 0 Å². The van der Waals surface area contributed by atoms with Crippen LogP contribution in [-0.4, -0.2) is 67.8 Å². The van der Waals surface area contributed by atoms with E-state index in [1.54, 1.807) is 4.90 Å². The number of aromatic nitrogens is 4. The van der Waals surface area contributed by atoms with E-state index in [0.717, 1.165) is 11.1 Å². The number of carbonyl (C=O) groups excluding carboxylic acids is 4. The Morgan fingerprint density at radius 3 is 2.37 bits per heavy atom. The number of H-pyrrole nitrogens is 1. The van der Waals surface area contributed by atoms with E-state index in [4.69, 9.17) is 0 Å². The van der Waals surface area contributed by atoms with Crippen LogP contribution in [0.5, 0.6) is 0 Å². The molecule has 216 valence electrons. The second kappa shape index (κ2) is 14.1. The Bertz CT molecular complexity index is 1300. The van der Waals surface area contributed by atoms with E-state index < -0.39 is 18.0 Å². The first-order chi connectivity index (χ1) is 19.9. The van der Waals surface area contributed by atoms with Gasteiger partial charge in [0.1, 0.15) is 12.1 Å². The van der Waals surface area contributed by atoms with Crippen LogP contribution in [0.3, 0.4) is 0 Å². The molecule has 1 aliphatic heterocycles. The normalized spacial score (nSPS) is 17.9. The van der Waals surface area contributed by atoms with Gasteiger partial charge < -0.3 is 20.9 Å². The van der Waals surface area contributed by atoms with E-state index in [1.165, 1.54) is 0 Å². The highest BCUT2D eigenvalue weighted by Crippen LogP contribution is 2.36. The van der Waals surface area contributed by atoms with Gasteiger partial charge >= 0.3 is 0 Å². The van der Waals surface area contributed by atoms with Crippen LogP contribution in [0.1, 0.15) is 56.1 Å². The van der Waals surface area contributed by atoms with Gasteiger partial charge in [0.25, 0.3) is 0 Å². The lowest BCUT2D eigenvalue weighted by atomic mass is 9.98. The summed E-state index contributed by atoms with van der Waals surface area (Å²) in [5, 5.41) is 21.8. The number of aromatic amines is 1. The third-order valence-electron chi connectivity index (χ3n) is 7.40. The van der Waals surface area contributed by atoms with Crippen LogP contribution in [0, 0.1) is 5.92 Å². The quantitative estimate of drug-likeness (QED) is 0.260. The summed E-state index contributed by atoms with van der Waals surface area (Å²) >= 11 is 0. The van der Waals surface area contributed by atoms with Gasteiger partial charge in [-0.1, -0.05) is 86.1 Å². The van der Waals surface area contributed by atoms with Crippen LogP contribution in [0.4, 0.5) is 0 Å². The molecule has 0 aliphatic carbocycles. The molecule has 0 radical (unpaired) electrons. The van der Waals surface area contributed by atoms with Crippen molar-refractivity contribution in [2.75, 3.05) is 6.54 Å². The van der Waals surface area contributed by atoms with Crippen molar-refractivity contribution >= 4 is 23.6 Å². The second-order valence-corrected chi connectivity index (χ2v) is 10.2. The summed E-state index contributed by atoms with van der Waals surface area (Å²) in [5.41, 5.74) is 1.75. The van der Waals surface area contributed by atoms with E-state index in [0.29, 0.717) is 25.1 Å². The number of nitrogens with zero attached hydrogens (tertiary/aromatic N) is 4. The van der Waals surface area contributed by atoms with Gasteiger partial charge in [-0.15, -0.1) is 10.2 Å². The zero-order valence-corrected chi connectivity index (χ0v) is 23.2. The summed E-state index contributed by atoms with van der Waals surface area (Å²) in [6, 6.07) is 16.9. The first kappa shape index (κ1) is 29.4. The third-order valence-corrected chi connectivity index (χ3v) is 7.40. The van der Waals surface area contributed by atoms with Crippen LogP contribution in [0.2, 0.25) is 0 Å². The molecule has 3 aromatic rings. The number of tetrazole rings is 1. The molecular weight excluding hydrogens is 524 g/mol. The lowest BCUT2D eigenvalue weighted by Gasteiger charge is -2.31. The van der Waals surface area contributed by atoms with Crippen molar-refractivity contribution in [2.45, 2.75) is 64.2 Å². The molecule has 1 aromatic heterocycles. The average Bonchev–Trinajstić information content (AvgIpc) is 3.68.